The normalized spacial score (nSPS) is 17.8. The Kier molecular flexibility index (Phi) is 5.12. The maximum Gasteiger partial charge on any atom is 0.251 e. The van der Waals surface area contributed by atoms with E-state index in [9.17, 15) is 4.79 Å². The minimum Gasteiger partial charge on any atom is -0.497 e. The highest BCUT2D eigenvalue weighted by atomic mass is 32.1. The summed E-state index contributed by atoms with van der Waals surface area (Å²) in [5.74, 6) is 1.20. The lowest BCUT2D eigenvalue weighted by atomic mass is 9.98. The first-order valence-corrected chi connectivity index (χ1v) is 8.71. The Hall–Kier alpha value is -2.08. The van der Waals surface area contributed by atoms with Gasteiger partial charge in [0.2, 0.25) is 0 Å². The Morgan fingerprint density at radius 1 is 1.43 bits per heavy atom. The van der Waals surface area contributed by atoms with E-state index in [-0.39, 0.29) is 5.91 Å². The SMILES string of the molecule is COc1ccc(C(=O)NCC2CCCN(c3nccs3)C2)cc1. The van der Waals surface area contributed by atoms with Crippen molar-refractivity contribution in [2.24, 2.45) is 5.92 Å². The highest BCUT2D eigenvalue weighted by molar-refractivity contribution is 7.13. The van der Waals surface area contributed by atoms with Gasteiger partial charge in [-0.2, -0.15) is 0 Å². The van der Waals surface area contributed by atoms with E-state index >= 15 is 0 Å². The molecule has 0 bridgehead atoms. The summed E-state index contributed by atoms with van der Waals surface area (Å²) < 4.78 is 5.11. The summed E-state index contributed by atoms with van der Waals surface area (Å²) in [5, 5.41) is 6.13. The molecule has 1 unspecified atom stereocenters. The molecule has 1 saturated heterocycles. The largest absolute Gasteiger partial charge is 0.497 e. The topological polar surface area (TPSA) is 54.5 Å². The van der Waals surface area contributed by atoms with Crippen LogP contribution in [0.2, 0.25) is 0 Å². The molecule has 2 aromatic rings. The fourth-order valence-corrected chi connectivity index (χ4v) is 3.54. The monoisotopic (exact) mass is 331 g/mol. The third-order valence-corrected chi connectivity index (χ3v) is 4.94. The number of carbonyl (C=O) groups is 1. The van der Waals surface area contributed by atoms with Crippen molar-refractivity contribution in [2.45, 2.75) is 12.8 Å². The van der Waals surface area contributed by atoms with Crippen molar-refractivity contribution < 1.29 is 9.53 Å². The van der Waals surface area contributed by atoms with Gasteiger partial charge in [-0.3, -0.25) is 4.79 Å². The van der Waals surface area contributed by atoms with E-state index in [0.29, 0.717) is 18.0 Å². The van der Waals surface area contributed by atoms with Gasteiger partial charge in [0.05, 0.1) is 7.11 Å². The van der Waals surface area contributed by atoms with Crippen LogP contribution in [-0.2, 0) is 0 Å². The number of carbonyl (C=O) groups excluding carboxylic acids is 1. The van der Waals surface area contributed by atoms with Crippen LogP contribution in [0, 0.1) is 5.92 Å². The lowest BCUT2D eigenvalue weighted by Crippen LogP contribution is -2.41. The summed E-state index contributed by atoms with van der Waals surface area (Å²) in [6.07, 6.45) is 4.13. The number of anilines is 1. The highest BCUT2D eigenvalue weighted by Gasteiger charge is 2.22. The Morgan fingerprint density at radius 3 is 2.96 bits per heavy atom. The van der Waals surface area contributed by atoms with Gasteiger partial charge in [0.15, 0.2) is 5.13 Å². The fourth-order valence-electron chi connectivity index (χ4n) is 2.86. The number of piperidine rings is 1. The molecule has 122 valence electrons. The van der Waals surface area contributed by atoms with Crippen molar-refractivity contribution in [3.05, 3.63) is 41.4 Å². The lowest BCUT2D eigenvalue weighted by molar-refractivity contribution is 0.0945. The Bertz CT molecular complexity index is 628. The zero-order valence-electron chi connectivity index (χ0n) is 13.2. The molecule has 1 aliphatic rings. The smallest absolute Gasteiger partial charge is 0.251 e. The molecule has 1 fully saturated rings. The number of methoxy groups -OCH3 is 1. The van der Waals surface area contributed by atoms with Gasteiger partial charge < -0.3 is 15.0 Å². The zero-order chi connectivity index (χ0) is 16.1. The van der Waals surface area contributed by atoms with Crippen LogP contribution in [0.3, 0.4) is 0 Å². The minimum atomic E-state index is -0.0287. The lowest BCUT2D eigenvalue weighted by Gasteiger charge is -2.32. The van der Waals surface area contributed by atoms with E-state index in [1.807, 2.05) is 11.6 Å². The molecule has 1 amide bonds. The predicted octanol–water partition coefficient (Wildman–Crippen LogP) is 2.80. The number of amides is 1. The molecule has 23 heavy (non-hydrogen) atoms. The van der Waals surface area contributed by atoms with Gasteiger partial charge in [-0.1, -0.05) is 0 Å². The first kappa shape index (κ1) is 15.8. The second-order valence-electron chi connectivity index (χ2n) is 5.71. The molecule has 0 spiro atoms. The minimum absolute atomic E-state index is 0.0287. The van der Waals surface area contributed by atoms with Gasteiger partial charge >= 0.3 is 0 Å². The Morgan fingerprint density at radius 2 is 2.26 bits per heavy atom. The standard InChI is InChI=1S/C17H21N3O2S/c1-22-15-6-4-14(5-7-15)16(21)19-11-13-3-2-9-20(12-13)17-18-8-10-23-17/h4-8,10,13H,2-3,9,11-12H2,1H3,(H,19,21). The van der Waals surface area contributed by atoms with Crippen LogP contribution < -0.4 is 15.0 Å². The molecule has 5 nitrogen and oxygen atoms in total. The van der Waals surface area contributed by atoms with Gasteiger partial charge in [0.25, 0.3) is 5.91 Å². The first-order chi connectivity index (χ1) is 11.3. The summed E-state index contributed by atoms with van der Waals surface area (Å²) in [6, 6.07) is 7.19. The highest BCUT2D eigenvalue weighted by Crippen LogP contribution is 2.24. The van der Waals surface area contributed by atoms with E-state index in [2.05, 4.69) is 15.2 Å². The van der Waals surface area contributed by atoms with E-state index in [1.165, 1.54) is 0 Å². The Labute approximate surface area is 140 Å². The molecule has 1 aliphatic heterocycles. The van der Waals surface area contributed by atoms with E-state index in [0.717, 1.165) is 36.8 Å². The summed E-state index contributed by atoms with van der Waals surface area (Å²) in [5.41, 5.74) is 0.665. The van der Waals surface area contributed by atoms with Crippen molar-refractivity contribution in [2.75, 3.05) is 31.6 Å². The molecule has 2 heterocycles. The fraction of sp³-hybridized carbons (Fsp3) is 0.412. The summed E-state index contributed by atoms with van der Waals surface area (Å²) in [4.78, 5) is 18.9. The molecular formula is C17H21N3O2S. The molecule has 1 atom stereocenters. The van der Waals surface area contributed by atoms with Gasteiger partial charge in [0, 0.05) is 36.8 Å². The van der Waals surface area contributed by atoms with E-state index < -0.39 is 0 Å². The number of rotatable bonds is 5. The van der Waals surface area contributed by atoms with Gasteiger partial charge in [0.1, 0.15) is 5.75 Å². The van der Waals surface area contributed by atoms with E-state index in [4.69, 9.17) is 4.74 Å². The number of ether oxygens (including phenoxy) is 1. The van der Waals surface area contributed by atoms with Crippen LogP contribution in [0.1, 0.15) is 23.2 Å². The number of thiazole rings is 1. The molecule has 0 radical (unpaired) electrons. The molecule has 3 rings (SSSR count). The number of nitrogens with one attached hydrogen (secondary N) is 1. The van der Waals surface area contributed by atoms with E-state index in [1.54, 1.807) is 42.7 Å². The number of hydrogen-bond acceptors (Lipinski definition) is 5. The van der Waals surface area contributed by atoms with Crippen LogP contribution in [0.4, 0.5) is 5.13 Å². The van der Waals surface area contributed by atoms with Crippen LogP contribution in [0.5, 0.6) is 5.75 Å². The third kappa shape index (κ3) is 4.01. The Balaban J connectivity index is 1.52. The van der Waals surface area contributed by atoms with Gasteiger partial charge in [-0.25, -0.2) is 4.98 Å². The molecule has 1 aromatic heterocycles. The van der Waals surface area contributed by atoms with Crippen molar-refractivity contribution in [3.63, 3.8) is 0 Å². The van der Waals surface area contributed by atoms with Crippen molar-refractivity contribution in [1.29, 1.82) is 0 Å². The van der Waals surface area contributed by atoms with Gasteiger partial charge in [-0.15, -0.1) is 11.3 Å². The first-order valence-electron chi connectivity index (χ1n) is 7.83. The molecule has 1 N–H and O–H groups in total. The molecular weight excluding hydrogens is 310 g/mol. The average Bonchev–Trinajstić information content (AvgIpc) is 3.15. The van der Waals surface area contributed by atoms with Crippen molar-refractivity contribution in [3.8, 4) is 5.75 Å². The average molecular weight is 331 g/mol. The van der Waals surface area contributed by atoms with Crippen molar-refractivity contribution in [1.82, 2.24) is 10.3 Å². The summed E-state index contributed by atoms with van der Waals surface area (Å²) >= 11 is 1.67. The summed E-state index contributed by atoms with van der Waals surface area (Å²) in [7, 11) is 1.62. The number of aromatic nitrogens is 1. The number of hydrogen-bond donors (Lipinski definition) is 1. The second kappa shape index (κ2) is 7.46. The molecule has 1 aromatic carbocycles. The third-order valence-electron chi connectivity index (χ3n) is 4.11. The predicted molar refractivity (Wildman–Crippen MR) is 92.4 cm³/mol. The number of benzene rings is 1. The van der Waals surface area contributed by atoms with Crippen molar-refractivity contribution >= 4 is 22.4 Å². The molecule has 0 saturated carbocycles. The van der Waals surface area contributed by atoms with Crippen LogP contribution in [0.25, 0.3) is 0 Å². The molecule has 0 aliphatic carbocycles. The van der Waals surface area contributed by atoms with Gasteiger partial charge in [-0.05, 0) is 43.0 Å². The van der Waals surface area contributed by atoms with Crippen LogP contribution >= 0.6 is 11.3 Å². The quantitative estimate of drug-likeness (QED) is 0.915. The number of nitrogens with zero attached hydrogens (tertiary/aromatic N) is 2. The van der Waals surface area contributed by atoms with Crippen LogP contribution in [-0.4, -0.2) is 37.6 Å². The summed E-state index contributed by atoms with van der Waals surface area (Å²) in [6.45, 7) is 2.71. The maximum atomic E-state index is 12.2. The molecule has 6 heteroatoms. The van der Waals surface area contributed by atoms with Crippen LogP contribution in [0.15, 0.2) is 35.8 Å². The zero-order valence-corrected chi connectivity index (χ0v) is 14.0. The maximum absolute atomic E-state index is 12.2. The second-order valence-corrected chi connectivity index (χ2v) is 6.58.